The van der Waals surface area contributed by atoms with Crippen LogP contribution in [0.15, 0.2) is 48.5 Å². The molecule has 4 aromatic rings. The number of likely N-dealkylation sites (tertiary alicyclic amines) is 1. The number of piperidine rings is 1. The molecule has 2 aromatic heterocycles. The Kier molecular flexibility index (Phi) is 4.96. The molecular formula is C27H26N6O3. The Morgan fingerprint density at radius 1 is 1.03 bits per heavy atom. The number of carbonyl (C=O) groups excluding carboxylic acids is 3. The summed E-state index contributed by atoms with van der Waals surface area (Å²) in [6, 6.07) is 15.1. The van der Waals surface area contributed by atoms with Crippen molar-refractivity contribution >= 4 is 50.9 Å². The van der Waals surface area contributed by atoms with Crippen molar-refractivity contribution in [3.05, 3.63) is 65.5 Å². The Balaban J connectivity index is 1.21. The minimum Gasteiger partial charge on any atom is -0.362 e. The van der Waals surface area contributed by atoms with Crippen molar-refractivity contribution in [2.75, 3.05) is 23.7 Å². The van der Waals surface area contributed by atoms with Crippen LogP contribution in [-0.4, -0.2) is 51.3 Å². The van der Waals surface area contributed by atoms with Gasteiger partial charge in [0.15, 0.2) is 0 Å². The van der Waals surface area contributed by atoms with Crippen molar-refractivity contribution in [2.24, 2.45) is 0 Å². The third-order valence-electron chi connectivity index (χ3n) is 7.11. The van der Waals surface area contributed by atoms with Gasteiger partial charge in [0, 0.05) is 60.5 Å². The summed E-state index contributed by atoms with van der Waals surface area (Å²) in [6.07, 6.45) is 1.12. The largest absolute Gasteiger partial charge is 0.362 e. The summed E-state index contributed by atoms with van der Waals surface area (Å²) < 4.78 is 0. The van der Waals surface area contributed by atoms with Crippen LogP contribution in [-0.2, 0) is 4.79 Å². The van der Waals surface area contributed by atoms with Gasteiger partial charge in [0.2, 0.25) is 5.91 Å². The first-order valence-corrected chi connectivity index (χ1v) is 12.0. The summed E-state index contributed by atoms with van der Waals surface area (Å²) in [5.41, 5.74) is 4.33. The van der Waals surface area contributed by atoms with Gasteiger partial charge in [0.05, 0.1) is 16.8 Å². The number of hydrogen-bond donors (Lipinski definition) is 4. The van der Waals surface area contributed by atoms with E-state index in [1.807, 2.05) is 43.3 Å². The van der Waals surface area contributed by atoms with Crippen LogP contribution < -0.4 is 16.0 Å². The van der Waals surface area contributed by atoms with E-state index in [-0.39, 0.29) is 17.7 Å². The number of amides is 3. The molecule has 0 atom stereocenters. The molecule has 4 heterocycles. The van der Waals surface area contributed by atoms with Gasteiger partial charge in [0.25, 0.3) is 11.8 Å². The van der Waals surface area contributed by atoms with Crippen molar-refractivity contribution in [1.82, 2.24) is 20.2 Å². The van der Waals surface area contributed by atoms with Gasteiger partial charge >= 0.3 is 0 Å². The average Bonchev–Trinajstić information content (AvgIpc) is 3.24. The van der Waals surface area contributed by atoms with E-state index in [9.17, 15) is 14.4 Å². The lowest BCUT2D eigenvalue weighted by molar-refractivity contribution is -0.114. The number of carbonyl (C=O) groups is 3. The number of hydrogen-bond acceptors (Lipinski definition) is 5. The number of anilines is 2. The van der Waals surface area contributed by atoms with E-state index in [0.717, 1.165) is 33.2 Å². The van der Waals surface area contributed by atoms with Gasteiger partial charge in [-0.1, -0.05) is 18.2 Å². The van der Waals surface area contributed by atoms with Gasteiger partial charge in [-0.2, -0.15) is 0 Å². The van der Waals surface area contributed by atoms with Crippen LogP contribution in [0.5, 0.6) is 0 Å². The number of aromatic amines is 1. The van der Waals surface area contributed by atoms with E-state index in [1.54, 1.807) is 17.0 Å². The summed E-state index contributed by atoms with van der Waals surface area (Å²) >= 11 is 0. The maximum atomic E-state index is 13.4. The van der Waals surface area contributed by atoms with Crippen LogP contribution >= 0.6 is 0 Å². The summed E-state index contributed by atoms with van der Waals surface area (Å²) in [6.45, 7) is 4.31. The topological polar surface area (TPSA) is 119 Å². The normalized spacial score (nSPS) is 16.5. The van der Waals surface area contributed by atoms with Crippen LogP contribution in [0.2, 0.25) is 0 Å². The second kappa shape index (κ2) is 8.08. The molecule has 0 saturated carbocycles. The van der Waals surface area contributed by atoms with Crippen LogP contribution in [0.4, 0.5) is 11.4 Å². The zero-order chi connectivity index (χ0) is 25.0. The molecule has 2 aromatic carbocycles. The SMILES string of the molecule is CC(=O)Nc1ccc2c(c1)C(=O)NC1(CCN(C(=O)c3cc4c([nH]c5ccccc54)c(C)n3)CC1)N2. The predicted molar refractivity (Wildman–Crippen MR) is 138 cm³/mol. The maximum absolute atomic E-state index is 13.4. The number of rotatable bonds is 2. The molecule has 1 fully saturated rings. The van der Waals surface area contributed by atoms with Gasteiger partial charge in [-0.15, -0.1) is 0 Å². The molecule has 182 valence electrons. The number of nitrogens with one attached hydrogen (secondary N) is 4. The summed E-state index contributed by atoms with van der Waals surface area (Å²) in [5.74, 6) is -0.499. The second-order valence-electron chi connectivity index (χ2n) is 9.58. The quantitative estimate of drug-likeness (QED) is 0.347. The van der Waals surface area contributed by atoms with Gasteiger partial charge in [-0.3, -0.25) is 14.4 Å². The highest BCUT2D eigenvalue weighted by atomic mass is 16.2. The molecule has 9 nitrogen and oxygen atoms in total. The number of pyridine rings is 1. The Morgan fingerprint density at radius 3 is 2.58 bits per heavy atom. The highest BCUT2D eigenvalue weighted by molar-refractivity contribution is 6.10. The zero-order valence-corrected chi connectivity index (χ0v) is 20.1. The molecular weight excluding hydrogens is 456 g/mol. The van der Waals surface area contributed by atoms with E-state index in [2.05, 4.69) is 25.9 Å². The molecule has 1 spiro atoms. The molecule has 6 rings (SSSR count). The second-order valence-corrected chi connectivity index (χ2v) is 9.58. The van der Waals surface area contributed by atoms with Crippen molar-refractivity contribution in [3.63, 3.8) is 0 Å². The number of fused-ring (bicyclic) bond motifs is 4. The van der Waals surface area contributed by atoms with Crippen molar-refractivity contribution in [3.8, 4) is 0 Å². The molecule has 36 heavy (non-hydrogen) atoms. The molecule has 0 radical (unpaired) electrons. The first-order valence-electron chi connectivity index (χ1n) is 12.0. The number of nitrogens with zero attached hydrogens (tertiary/aromatic N) is 2. The Hall–Kier alpha value is -4.40. The molecule has 2 aliphatic heterocycles. The van der Waals surface area contributed by atoms with Crippen molar-refractivity contribution < 1.29 is 14.4 Å². The number of aromatic nitrogens is 2. The third-order valence-corrected chi connectivity index (χ3v) is 7.11. The van der Waals surface area contributed by atoms with Crippen molar-refractivity contribution in [2.45, 2.75) is 32.4 Å². The van der Waals surface area contributed by atoms with E-state index < -0.39 is 5.66 Å². The standard InChI is InChI=1S/C27H26N6O3/c1-15-24-19(18-5-3-4-6-21(18)30-24)14-23(28-15)26(36)33-11-9-27(10-12-33)31-22-8-7-17(29-16(2)34)13-20(22)25(35)32-27/h3-8,13-14,30-31H,9-12H2,1-2H3,(H,29,34)(H,32,35). The predicted octanol–water partition coefficient (Wildman–Crippen LogP) is 3.77. The first-order chi connectivity index (χ1) is 17.3. The summed E-state index contributed by atoms with van der Waals surface area (Å²) in [5, 5.41) is 11.3. The Bertz CT molecular complexity index is 1560. The minimum atomic E-state index is -0.624. The number of para-hydroxylation sites is 1. The van der Waals surface area contributed by atoms with Gasteiger partial charge < -0.3 is 25.8 Å². The maximum Gasteiger partial charge on any atom is 0.272 e. The van der Waals surface area contributed by atoms with Crippen LogP contribution in [0.3, 0.4) is 0 Å². The lowest BCUT2D eigenvalue weighted by Crippen LogP contribution is -2.62. The monoisotopic (exact) mass is 482 g/mol. The highest BCUT2D eigenvalue weighted by Gasteiger charge is 2.41. The van der Waals surface area contributed by atoms with Gasteiger partial charge in [0.1, 0.15) is 11.4 Å². The first kappa shape index (κ1) is 22.1. The average molecular weight is 483 g/mol. The lowest BCUT2D eigenvalue weighted by Gasteiger charge is -2.45. The summed E-state index contributed by atoms with van der Waals surface area (Å²) in [4.78, 5) is 47.5. The van der Waals surface area contributed by atoms with Gasteiger partial charge in [-0.25, -0.2) is 4.98 Å². The van der Waals surface area contributed by atoms with Crippen molar-refractivity contribution in [1.29, 1.82) is 0 Å². The minimum absolute atomic E-state index is 0.109. The smallest absolute Gasteiger partial charge is 0.272 e. The molecule has 0 bridgehead atoms. The molecule has 1 saturated heterocycles. The lowest BCUT2D eigenvalue weighted by atomic mass is 9.92. The van der Waals surface area contributed by atoms with Crippen LogP contribution in [0.25, 0.3) is 21.8 Å². The molecule has 9 heteroatoms. The fourth-order valence-electron chi connectivity index (χ4n) is 5.31. The molecule has 4 N–H and O–H groups in total. The van der Waals surface area contributed by atoms with E-state index in [4.69, 9.17) is 0 Å². The number of H-pyrrole nitrogens is 1. The van der Waals surface area contributed by atoms with Crippen LogP contribution in [0.1, 0.15) is 46.3 Å². The Labute approximate surface area is 207 Å². The fraction of sp³-hybridized carbons (Fsp3) is 0.259. The fourth-order valence-corrected chi connectivity index (χ4v) is 5.31. The van der Waals surface area contributed by atoms with E-state index >= 15 is 0 Å². The van der Waals surface area contributed by atoms with E-state index in [0.29, 0.717) is 42.9 Å². The number of aryl methyl sites for hydroxylation is 1. The molecule has 0 unspecified atom stereocenters. The zero-order valence-electron chi connectivity index (χ0n) is 20.1. The Morgan fingerprint density at radius 2 is 1.81 bits per heavy atom. The summed E-state index contributed by atoms with van der Waals surface area (Å²) in [7, 11) is 0. The molecule has 2 aliphatic rings. The third kappa shape index (κ3) is 3.64. The van der Waals surface area contributed by atoms with Crippen LogP contribution in [0, 0.1) is 6.92 Å². The highest BCUT2D eigenvalue weighted by Crippen LogP contribution is 2.34. The van der Waals surface area contributed by atoms with Gasteiger partial charge in [-0.05, 0) is 37.3 Å². The van der Waals surface area contributed by atoms with E-state index in [1.165, 1.54) is 6.92 Å². The number of benzene rings is 2. The molecule has 0 aliphatic carbocycles. The molecule has 3 amide bonds.